The number of aromatic nitrogens is 3. The van der Waals surface area contributed by atoms with Crippen LogP contribution >= 0.6 is 0 Å². The minimum absolute atomic E-state index is 0.523. The molecule has 0 spiro atoms. The van der Waals surface area contributed by atoms with Crippen molar-refractivity contribution in [2.45, 2.75) is 51.6 Å². The first-order chi connectivity index (χ1) is 6.86. The first kappa shape index (κ1) is 9.65. The number of rotatable bonds is 4. The lowest BCUT2D eigenvalue weighted by atomic mass is 9.82. The van der Waals surface area contributed by atoms with Gasteiger partial charge >= 0.3 is 0 Å². The fraction of sp³-hybridized carbons (Fsp3) is 0.800. The SMILES string of the molecule is CCCn1nnc(CN)c1C1CCC1. The summed E-state index contributed by atoms with van der Waals surface area (Å²) in [6.07, 6.45) is 5.01. The predicted octanol–water partition coefficient (Wildman–Crippen LogP) is 1.41. The summed E-state index contributed by atoms with van der Waals surface area (Å²) in [7, 11) is 0. The van der Waals surface area contributed by atoms with Crippen LogP contribution in [0.2, 0.25) is 0 Å². The van der Waals surface area contributed by atoms with Gasteiger partial charge in [0.15, 0.2) is 0 Å². The summed E-state index contributed by atoms with van der Waals surface area (Å²) in [6, 6.07) is 0. The lowest BCUT2D eigenvalue weighted by Gasteiger charge is -2.26. The van der Waals surface area contributed by atoms with E-state index in [0.717, 1.165) is 18.7 Å². The summed E-state index contributed by atoms with van der Waals surface area (Å²) in [5.41, 5.74) is 7.97. The zero-order chi connectivity index (χ0) is 9.97. The van der Waals surface area contributed by atoms with Crippen molar-refractivity contribution in [2.24, 2.45) is 5.73 Å². The maximum atomic E-state index is 5.66. The molecule has 1 heterocycles. The number of hydrogen-bond donors (Lipinski definition) is 1. The summed E-state index contributed by atoms with van der Waals surface area (Å²) in [5.74, 6) is 0.676. The van der Waals surface area contributed by atoms with Crippen LogP contribution in [0.25, 0.3) is 0 Å². The number of nitrogens with two attached hydrogens (primary N) is 1. The van der Waals surface area contributed by atoms with Crippen molar-refractivity contribution in [2.75, 3.05) is 0 Å². The average molecular weight is 194 g/mol. The van der Waals surface area contributed by atoms with Crippen LogP contribution in [0.3, 0.4) is 0 Å². The van der Waals surface area contributed by atoms with Gasteiger partial charge in [-0.25, -0.2) is 4.68 Å². The van der Waals surface area contributed by atoms with Gasteiger partial charge in [0.05, 0.1) is 11.4 Å². The van der Waals surface area contributed by atoms with Crippen LogP contribution in [-0.4, -0.2) is 15.0 Å². The first-order valence-corrected chi connectivity index (χ1v) is 5.49. The second-order valence-corrected chi connectivity index (χ2v) is 3.98. The van der Waals surface area contributed by atoms with E-state index >= 15 is 0 Å². The Labute approximate surface area is 84.5 Å². The van der Waals surface area contributed by atoms with Gasteiger partial charge in [-0.05, 0) is 19.3 Å². The van der Waals surface area contributed by atoms with Crippen molar-refractivity contribution in [1.82, 2.24) is 15.0 Å². The van der Waals surface area contributed by atoms with Gasteiger partial charge in [-0.2, -0.15) is 0 Å². The van der Waals surface area contributed by atoms with Gasteiger partial charge in [0, 0.05) is 19.0 Å². The summed E-state index contributed by atoms with van der Waals surface area (Å²) in [5, 5.41) is 8.31. The maximum Gasteiger partial charge on any atom is 0.0997 e. The van der Waals surface area contributed by atoms with Crippen molar-refractivity contribution < 1.29 is 0 Å². The molecular formula is C10H18N4. The van der Waals surface area contributed by atoms with E-state index in [1.165, 1.54) is 25.0 Å². The predicted molar refractivity (Wildman–Crippen MR) is 54.8 cm³/mol. The number of hydrogen-bond acceptors (Lipinski definition) is 3. The van der Waals surface area contributed by atoms with E-state index in [4.69, 9.17) is 5.73 Å². The smallest absolute Gasteiger partial charge is 0.0997 e. The molecule has 0 aromatic carbocycles. The highest BCUT2D eigenvalue weighted by atomic mass is 15.4. The average Bonchev–Trinajstić information content (AvgIpc) is 2.47. The van der Waals surface area contributed by atoms with E-state index in [9.17, 15) is 0 Å². The van der Waals surface area contributed by atoms with Crippen LogP contribution in [0.1, 0.15) is 49.9 Å². The Hall–Kier alpha value is -0.900. The lowest BCUT2D eigenvalue weighted by molar-refractivity contribution is 0.384. The zero-order valence-electron chi connectivity index (χ0n) is 8.74. The van der Waals surface area contributed by atoms with Gasteiger partial charge in [0.1, 0.15) is 0 Å². The topological polar surface area (TPSA) is 56.7 Å². The van der Waals surface area contributed by atoms with Crippen LogP contribution in [0.15, 0.2) is 0 Å². The van der Waals surface area contributed by atoms with Gasteiger partial charge in [-0.3, -0.25) is 0 Å². The zero-order valence-corrected chi connectivity index (χ0v) is 8.74. The first-order valence-electron chi connectivity index (χ1n) is 5.49. The van der Waals surface area contributed by atoms with Crippen molar-refractivity contribution in [3.05, 3.63) is 11.4 Å². The summed E-state index contributed by atoms with van der Waals surface area (Å²) in [6.45, 7) is 3.66. The highest BCUT2D eigenvalue weighted by molar-refractivity contribution is 5.17. The standard InChI is InChI=1S/C10H18N4/c1-2-6-14-10(8-4-3-5-8)9(7-11)12-13-14/h8H,2-7,11H2,1H3. The van der Waals surface area contributed by atoms with Crippen molar-refractivity contribution >= 4 is 0 Å². The van der Waals surface area contributed by atoms with Crippen LogP contribution in [0.4, 0.5) is 0 Å². The minimum Gasteiger partial charge on any atom is -0.325 e. The van der Waals surface area contributed by atoms with Crippen LogP contribution in [-0.2, 0) is 13.1 Å². The third kappa shape index (κ3) is 1.54. The molecule has 0 amide bonds. The molecule has 0 aliphatic heterocycles. The Morgan fingerprint density at radius 3 is 2.79 bits per heavy atom. The molecule has 4 heteroatoms. The van der Waals surface area contributed by atoms with E-state index in [2.05, 4.69) is 17.2 Å². The molecule has 0 unspecified atom stereocenters. The molecule has 2 rings (SSSR count). The molecule has 0 atom stereocenters. The van der Waals surface area contributed by atoms with Crippen LogP contribution in [0, 0.1) is 0 Å². The highest BCUT2D eigenvalue weighted by Crippen LogP contribution is 2.37. The molecular weight excluding hydrogens is 176 g/mol. The van der Waals surface area contributed by atoms with E-state index < -0.39 is 0 Å². The molecule has 14 heavy (non-hydrogen) atoms. The molecule has 0 saturated heterocycles. The van der Waals surface area contributed by atoms with Crippen molar-refractivity contribution in [3.8, 4) is 0 Å². The Morgan fingerprint density at radius 1 is 1.50 bits per heavy atom. The van der Waals surface area contributed by atoms with Gasteiger partial charge in [0.25, 0.3) is 0 Å². The molecule has 1 aromatic heterocycles. The Morgan fingerprint density at radius 2 is 2.29 bits per heavy atom. The third-order valence-corrected chi connectivity index (χ3v) is 2.97. The minimum atomic E-state index is 0.523. The van der Waals surface area contributed by atoms with Crippen LogP contribution < -0.4 is 5.73 Å². The largest absolute Gasteiger partial charge is 0.325 e. The molecule has 1 aromatic rings. The lowest BCUT2D eigenvalue weighted by Crippen LogP contribution is -2.17. The molecule has 1 saturated carbocycles. The van der Waals surface area contributed by atoms with Crippen molar-refractivity contribution in [1.29, 1.82) is 0 Å². The molecule has 0 radical (unpaired) electrons. The van der Waals surface area contributed by atoms with E-state index in [-0.39, 0.29) is 0 Å². The Bertz CT molecular complexity index is 301. The van der Waals surface area contributed by atoms with Gasteiger partial charge < -0.3 is 5.73 Å². The second kappa shape index (κ2) is 4.09. The molecule has 4 nitrogen and oxygen atoms in total. The molecule has 0 bridgehead atoms. The molecule has 1 fully saturated rings. The third-order valence-electron chi connectivity index (χ3n) is 2.97. The Balaban J connectivity index is 2.25. The second-order valence-electron chi connectivity index (χ2n) is 3.98. The van der Waals surface area contributed by atoms with E-state index in [0.29, 0.717) is 12.5 Å². The van der Waals surface area contributed by atoms with Crippen molar-refractivity contribution in [3.63, 3.8) is 0 Å². The molecule has 1 aliphatic carbocycles. The Kier molecular flexibility index (Phi) is 2.82. The summed E-state index contributed by atoms with van der Waals surface area (Å²) >= 11 is 0. The highest BCUT2D eigenvalue weighted by Gasteiger charge is 2.26. The van der Waals surface area contributed by atoms with E-state index in [1.807, 2.05) is 4.68 Å². The van der Waals surface area contributed by atoms with Gasteiger partial charge in [-0.1, -0.05) is 18.6 Å². The maximum absolute atomic E-state index is 5.66. The van der Waals surface area contributed by atoms with Gasteiger partial charge in [0.2, 0.25) is 0 Å². The molecule has 2 N–H and O–H groups in total. The van der Waals surface area contributed by atoms with Crippen LogP contribution in [0.5, 0.6) is 0 Å². The quantitative estimate of drug-likeness (QED) is 0.788. The summed E-state index contributed by atoms with van der Waals surface area (Å²) in [4.78, 5) is 0. The molecule has 78 valence electrons. The normalized spacial score (nSPS) is 17.0. The summed E-state index contributed by atoms with van der Waals surface area (Å²) < 4.78 is 2.05. The molecule has 1 aliphatic rings. The monoisotopic (exact) mass is 194 g/mol. The number of aryl methyl sites for hydroxylation is 1. The fourth-order valence-electron chi connectivity index (χ4n) is 2.01. The number of nitrogens with zero attached hydrogens (tertiary/aromatic N) is 3. The fourth-order valence-corrected chi connectivity index (χ4v) is 2.01. The van der Waals surface area contributed by atoms with E-state index in [1.54, 1.807) is 0 Å². The van der Waals surface area contributed by atoms with Gasteiger partial charge in [-0.15, -0.1) is 5.10 Å².